The third-order valence-electron chi connectivity index (χ3n) is 4.29. The molecule has 9 heteroatoms. The second-order valence-electron chi connectivity index (χ2n) is 6.42. The Bertz CT molecular complexity index is 1040. The summed E-state index contributed by atoms with van der Waals surface area (Å²) in [5, 5.41) is 2.78. The normalized spacial score (nSPS) is 14.7. The highest BCUT2D eigenvalue weighted by atomic mass is 32.2. The van der Waals surface area contributed by atoms with Gasteiger partial charge in [0.25, 0.3) is 11.8 Å². The van der Waals surface area contributed by atoms with Gasteiger partial charge in [-0.1, -0.05) is 42.2 Å². The Balaban J connectivity index is 1.67. The molecule has 0 unspecified atom stereocenters. The van der Waals surface area contributed by atoms with Gasteiger partial charge in [0.1, 0.15) is 10.1 Å². The number of carbonyl (C=O) groups is 2. The van der Waals surface area contributed by atoms with Crippen LogP contribution in [-0.4, -0.2) is 48.4 Å². The summed E-state index contributed by atoms with van der Waals surface area (Å²) >= 11 is 6.39. The van der Waals surface area contributed by atoms with E-state index in [9.17, 15) is 9.59 Å². The minimum atomic E-state index is -0.329. The van der Waals surface area contributed by atoms with Crippen LogP contribution in [0.5, 0.6) is 17.2 Å². The van der Waals surface area contributed by atoms with Crippen molar-refractivity contribution in [1.29, 1.82) is 0 Å². The highest BCUT2D eigenvalue weighted by Crippen LogP contribution is 2.34. The van der Waals surface area contributed by atoms with Crippen molar-refractivity contribution < 1.29 is 23.8 Å². The second-order valence-corrected chi connectivity index (χ2v) is 8.09. The van der Waals surface area contributed by atoms with Gasteiger partial charge in [-0.2, -0.15) is 0 Å². The Hall–Kier alpha value is -3.04. The van der Waals surface area contributed by atoms with E-state index in [1.165, 1.54) is 23.8 Å². The van der Waals surface area contributed by atoms with Crippen LogP contribution < -0.4 is 19.5 Å². The van der Waals surface area contributed by atoms with Crippen molar-refractivity contribution >= 4 is 51.9 Å². The van der Waals surface area contributed by atoms with Crippen LogP contribution in [0.25, 0.3) is 6.08 Å². The summed E-state index contributed by atoms with van der Waals surface area (Å²) in [6.45, 7) is 2.17. The number of anilines is 1. The lowest BCUT2D eigenvalue weighted by molar-refractivity contribution is -0.121. The maximum atomic E-state index is 12.3. The fourth-order valence-electron chi connectivity index (χ4n) is 2.77. The number of nitrogens with one attached hydrogen (secondary N) is 1. The molecule has 3 rings (SSSR count). The molecule has 1 aliphatic rings. The first-order chi connectivity index (χ1) is 14.9. The van der Waals surface area contributed by atoms with Crippen molar-refractivity contribution in [3.05, 3.63) is 52.9 Å². The number of benzene rings is 2. The number of carbonyl (C=O) groups excluding carboxylic acids is 2. The highest BCUT2D eigenvalue weighted by Gasteiger charge is 2.28. The first-order valence-corrected chi connectivity index (χ1v) is 10.7. The van der Waals surface area contributed by atoms with Crippen molar-refractivity contribution in [3.8, 4) is 17.2 Å². The van der Waals surface area contributed by atoms with Gasteiger partial charge >= 0.3 is 0 Å². The number of thioether (sulfide) groups is 1. The Labute approximate surface area is 190 Å². The molecule has 1 saturated heterocycles. The predicted octanol–water partition coefficient (Wildman–Crippen LogP) is 3.94. The largest absolute Gasteiger partial charge is 0.493 e. The summed E-state index contributed by atoms with van der Waals surface area (Å²) in [6.07, 6.45) is 1.74. The maximum absolute atomic E-state index is 12.3. The molecule has 0 aromatic heterocycles. The molecule has 2 aromatic rings. The van der Waals surface area contributed by atoms with E-state index in [1.54, 1.807) is 43.5 Å². The molecular weight excluding hydrogens is 436 g/mol. The zero-order valence-corrected chi connectivity index (χ0v) is 19.0. The van der Waals surface area contributed by atoms with E-state index < -0.39 is 0 Å². The summed E-state index contributed by atoms with van der Waals surface area (Å²) in [7, 11) is 3.16. The number of amides is 2. The number of para-hydroxylation sites is 2. The molecule has 1 heterocycles. The summed E-state index contributed by atoms with van der Waals surface area (Å²) < 4.78 is 17.1. The molecule has 0 radical (unpaired) electrons. The quantitative estimate of drug-likeness (QED) is 0.474. The average Bonchev–Trinajstić information content (AvgIpc) is 3.00. The fraction of sp³-hybridized carbons (Fsp3) is 0.227. The van der Waals surface area contributed by atoms with Gasteiger partial charge in [0.2, 0.25) is 0 Å². The lowest BCUT2D eigenvalue weighted by Gasteiger charge is -2.13. The molecule has 1 fully saturated rings. The van der Waals surface area contributed by atoms with Gasteiger partial charge in [-0.25, -0.2) is 0 Å². The van der Waals surface area contributed by atoms with Gasteiger partial charge in [0, 0.05) is 7.05 Å². The smallest absolute Gasteiger partial charge is 0.265 e. The lowest BCUT2D eigenvalue weighted by Crippen LogP contribution is -2.22. The van der Waals surface area contributed by atoms with Crippen LogP contribution in [0.15, 0.2) is 47.4 Å². The summed E-state index contributed by atoms with van der Waals surface area (Å²) in [5.74, 6) is 0.986. The van der Waals surface area contributed by atoms with Crippen LogP contribution in [0.1, 0.15) is 12.5 Å². The molecule has 1 aliphatic heterocycles. The number of likely N-dealkylation sites (N-methyl/N-ethyl adjacent to an activating group) is 1. The van der Waals surface area contributed by atoms with Gasteiger partial charge < -0.3 is 19.5 Å². The van der Waals surface area contributed by atoms with Crippen molar-refractivity contribution in [2.45, 2.75) is 6.92 Å². The molecule has 0 bridgehead atoms. The Kier molecular flexibility index (Phi) is 7.54. The number of ether oxygens (including phenoxy) is 3. The molecule has 1 N–H and O–H groups in total. The van der Waals surface area contributed by atoms with Crippen LogP contribution in [0.2, 0.25) is 0 Å². The molecule has 31 heavy (non-hydrogen) atoms. The number of hydrogen-bond acceptors (Lipinski definition) is 7. The third-order valence-corrected chi connectivity index (χ3v) is 5.78. The van der Waals surface area contributed by atoms with Gasteiger partial charge in [0.05, 0.1) is 24.3 Å². The SMILES string of the molecule is CCOc1ccccc1NC(=O)COc1ccc(/C=C2/SC(=S)N(C)C2=O)cc1OC. The molecule has 162 valence electrons. The van der Waals surface area contributed by atoms with E-state index in [-0.39, 0.29) is 18.4 Å². The van der Waals surface area contributed by atoms with Crippen LogP contribution in [0.3, 0.4) is 0 Å². The number of thiocarbonyl (C=S) groups is 1. The minimum Gasteiger partial charge on any atom is -0.493 e. The molecule has 2 amide bonds. The number of nitrogens with zero attached hydrogens (tertiary/aromatic N) is 1. The van der Waals surface area contributed by atoms with Gasteiger partial charge in [-0.15, -0.1) is 0 Å². The summed E-state index contributed by atoms with van der Waals surface area (Å²) in [6, 6.07) is 12.4. The first kappa shape index (κ1) is 22.6. The van der Waals surface area contributed by atoms with Gasteiger partial charge in [-0.3, -0.25) is 14.5 Å². The standard InChI is InChI=1S/C22H22N2O5S2/c1-4-28-16-8-6-5-7-15(16)23-20(25)13-29-17-10-9-14(11-18(17)27-3)12-19-21(26)24(2)22(30)31-19/h5-12H,4,13H2,1-3H3,(H,23,25)/b19-12+. The van der Waals surface area contributed by atoms with Gasteiger partial charge in [0.15, 0.2) is 18.1 Å². The average molecular weight is 459 g/mol. The van der Waals surface area contributed by atoms with Crippen molar-refractivity contribution in [1.82, 2.24) is 4.90 Å². The second kappa shape index (κ2) is 10.3. The molecule has 0 saturated carbocycles. The summed E-state index contributed by atoms with van der Waals surface area (Å²) in [4.78, 5) is 26.5. The Morgan fingerprint density at radius 3 is 2.61 bits per heavy atom. The first-order valence-electron chi connectivity index (χ1n) is 9.47. The van der Waals surface area contributed by atoms with Crippen molar-refractivity contribution in [2.75, 3.05) is 32.7 Å². The Morgan fingerprint density at radius 2 is 1.94 bits per heavy atom. The zero-order valence-electron chi connectivity index (χ0n) is 17.3. The molecular formula is C22H22N2O5S2. The van der Waals surface area contributed by atoms with Crippen LogP contribution in [-0.2, 0) is 9.59 Å². The van der Waals surface area contributed by atoms with E-state index in [0.29, 0.717) is 38.8 Å². The fourth-order valence-corrected chi connectivity index (χ4v) is 3.95. The minimum absolute atomic E-state index is 0.140. The summed E-state index contributed by atoms with van der Waals surface area (Å²) in [5.41, 5.74) is 1.33. The van der Waals surface area contributed by atoms with E-state index in [0.717, 1.165) is 5.56 Å². The van der Waals surface area contributed by atoms with Crippen LogP contribution in [0.4, 0.5) is 5.69 Å². The van der Waals surface area contributed by atoms with Crippen molar-refractivity contribution in [3.63, 3.8) is 0 Å². The number of hydrogen-bond donors (Lipinski definition) is 1. The van der Waals surface area contributed by atoms with E-state index in [4.69, 9.17) is 26.4 Å². The van der Waals surface area contributed by atoms with Gasteiger partial charge in [-0.05, 0) is 42.8 Å². The van der Waals surface area contributed by atoms with Crippen LogP contribution >= 0.6 is 24.0 Å². The lowest BCUT2D eigenvalue weighted by atomic mass is 10.2. The Morgan fingerprint density at radius 1 is 1.16 bits per heavy atom. The maximum Gasteiger partial charge on any atom is 0.265 e. The van der Waals surface area contributed by atoms with E-state index in [1.807, 2.05) is 19.1 Å². The topological polar surface area (TPSA) is 77.1 Å². The van der Waals surface area contributed by atoms with E-state index >= 15 is 0 Å². The van der Waals surface area contributed by atoms with Crippen LogP contribution in [0, 0.1) is 0 Å². The zero-order chi connectivity index (χ0) is 22.4. The molecule has 0 atom stereocenters. The number of methoxy groups -OCH3 is 1. The molecule has 0 aliphatic carbocycles. The molecule has 2 aromatic carbocycles. The van der Waals surface area contributed by atoms with E-state index in [2.05, 4.69) is 5.32 Å². The molecule has 7 nitrogen and oxygen atoms in total. The predicted molar refractivity (Wildman–Crippen MR) is 126 cm³/mol. The van der Waals surface area contributed by atoms with Crippen molar-refractivity contribution in [2.24, 2.45) is 0 Å². The molecule has 0 spiro atoms. The third kappa shape index (κ3) is 5.56. The highest BCUT2D eigenvalue weighted by molar-refractivity contribution is 8.26. The monoisotopic (exact) mass is 458 g/mol. The number of rotatable bonds is 8.